The maximum atomic E-state index is 4.78. The molecule has 0 atom stereocenters. The molecule has 0 saturated heterocycles. The molecular weight excluding hydrogens is 260 g/mol. The molecule has 21 heavy (non-hydrogen) atoms. The van der Waals surface area contributed by atoms with Gasteiger partial charge in [-0.3, -0.25) is 0 Å². The average Bonchev–Trinajstić information content (AvgIpc) is 2.48. The summed E-state index contributed by atoms with van der Waals surface area (Å²) < 4.78 is 0. The van der Waals surface area contributed by atoms with Gasteiger partial charge in [-0.25, -0.2) is 9.97 Å². The van der Waals surface area contributed by atoms with Gasteiger partial charge in [0.1, 0.15) is 17.5 Å². The summed E-state index contributed by atoms with van der Waals surface area (Å²) in [6.07, 6.45) is 2.43. The fraction of sp³-hybridized carbons (Fsp3) is 0.765. The highest BCUT2D eigenvalue weighted by molar-refractivity contribution is 5.49. The summed E-state index contributed by atoms with van der Waals surface area (Å²) in [6.45, 7) is 16.1. The summed E-state index contributed by atoms with van der Waals surface area (Å²) in [6, 6.07) is 2.08. The number of anilines is 2. The zero-order valence-corrected chi connectivity index (χ0v) is 14.6. The highest BCUT2D eigenvalue weighted by Crippen LogP contribution is 2.22. The third-order valence-electron chi connectivity index (χ3n) is 3.94. The zero-order valence-electron chi connectivity index (χ0n) is 14.6. The second-order valence-electron chi connectivity index (χ2n) is 5.88. The second-order valence-corrected chi connectivity index (χ2v) is 5.88. The van der Waals surface area contributed by atoms with Crippen molar-refractivity contribution >= 4 is 11.6 Å². The monoisotopic (exact) mass is 292 g/mol. The number of hydrogen-bond donors (Lipinski definition) is 1. The Bertz CT molecular complexity index is 413. The lowest BCUT2D eigenvalue weighted by atomic mass is 10.0. The van der Waals surface area contributed by atoms with Crippen LogP contribution in [0.2, 0.25) is 0 Å². The summed E-state index contributed by atoms with van der Waals surface area (Å²) >= 11 is 0. The molecule has 0 aliphatic heterocycles. The maximum Gasteiger partial charge on any atom is 0.135 e. The lowest BCUT2D eigenvalue weighted by Gasteiger charge is -2.27. The van der Waals surface area contributed by atoms with Crippen molar-refractivity contribution in [3.8, 4) is 0 Å². The van der Waals surface area contributed by atoms with Crippen molar-refractivity contribution in [3.63, 3.8) is 0 Å². The number of nitrogens with zero attached hydrogens (tertiary/aromatic N) is 3. The summed E-state index contributed by atoms with van der Waals surface area (Å²) in [5, 5.41) is 3.33. The minimum absolute atomic E-state index is 0.342. The largest absolute Gasteiger partial charge is 0.370 e. The van der Waals surface area contributed by atoms with Gasteiger partial charge in [-0.15, -0.1) is 0 Å². The first kappa shape index (κ1) is 17.7. The number of hydrogen-bond acceptors (Lipinski definition) is 4. The van der Waals surface area contributed by atoms with Crippen LogP contribution in [0.1, 0.15) is 66.1 Å². The Hall–Kier alpha value is -1.32. The first-order valence-corrected chi connectivity index (χ1v) is 8.43. The molecule has 1 rings (SSSR count). The standard InChI is InChI=1S/C17H32N4/c1-7-14(8-2)12-21(10-4)16-11-15(18-9-3)19-17(20-16)13(5)6/h11,13-14H,7-10,12H2,1-6H3,(H,18,19,20). The number of rotatable bonds is 9. The van der Waals surface area contributed by atoms with E-state index >= 15 is 0 Å². The Kier molecular flexibility index (Phi) is 7.48. The first-order chi connectivity index (χ1) is 10.0. The van der Waals surface area contributed by atoms with Gasteiger partial charge in [0, 0.05) is 31.6 Å². The van der Waals surface area contributed by atoms with Gasteiger partial charge in [-0.1, -0.05) is 40.5 Å². The maximum absolute atomic E-state index is 4.78. The third kappa shape index (κ3) is 5.18. The molecule has 0 amide bonds. The van der Waals surface area contributed by atoms with Gasteiger partial charge in [0.25, 0.3) is 0 Å². The molecule has 0 bridgehead atoms. The molecule has 0 spiro atoms. The van der Waals surface area contributed by atoms with Crippen LogP contribution >= 0.6 is 0 Å². The van der Waals surface area contributed by atoms with Gasteiger partial charge in [0.05, 0.1) is 0 Å². The van der Waals surface area contributed by atoms with Crippen LogP contribution in [0.25, 0.3) is 0 Å². The topological polar surface area (TPSA) is 41.0 Å². The first-order valence-electron chi connectivity index (χ1n) is 8.43. The number of nitrogens with one attached hydrogen (secondary N) is 1. The van der Waals surface area contributed by atoms with Gasteiger partial charge in [0.15, 0.2) is 0 Å². The lowest BCUT2D eigenvalue weighted by Crippen LogP contribution is -2.30. The van der Waals surface area contributed by atoms with Crippen molar-refractivity contribution in [1.29, 1.82) is 0 Å². The third-order valence-corrected chi connectivity index (χ3v) is 3.94. The van der Waals surface area contributed by atoms with Crippen molar-refractivity contribution in [3.05, 3.63) is 11.9 Å². The lowest BCUT2D eigenvalue weighted by molar-refractivity contribution is 0.484. The molecule has 1 N–H and O–H groups in total. The van der Waals surface area contributed by atoms with E-state index in [2.05, 4.69) is 62.8 Å². The Morgan fingerprint density at radius 2 is 1.76 bits per heavy atom. The highest BCUT2D eigenvalue weighted by atomic mass is 15.2. The van der Waals surface area contributed by atoms with Gasteiger partial charge in [-0.2, -0.15) is 0 Å². The van der Waals surface area contributed by atoms with Crippen molar-refractivity contribution in [2.24, 2.45) is 5.92 Å². The molecular formula is C17H32N4. The Morgan fingerprint density at radius 1 is 1.10 bits per heavy atom. The van der Waals surface area contributed by atoms with Gasteiger partial charge >= 0.3 is 0 Å². The van der Waals surface area contributed by atoms with Crippen LogP contribution in [0, 0.1) is 5.92 Å². The van der Waals surface area contributed by atoms with E-state index in [0.29, 0.717) is 5.92 Å². The van der Waals surface area contributed by atoms with Gasteiger partial charge in [-0.05, 0) is 19.8 Å². The summed E-state index contributed by atoms with van der Waals surface area (Å²) in [7, 11) is 0. The fourth-order valence-corrected chi connectivity index (χ4v) is 2.39. The van der Waals surface area contributed by atoms with E-state index in [1.54, 1.807) is 0 Å². The predicted octanol–water partition coefficient (Wildman–Crippen LogP) is 4.29. The van der Waals surface area contributed by atoms with E-state index in [4.69, 9.17) is 4.98 Å². The van der Waals surface area contributed by atoms with Crippen molar-refractivity contribution in [1.82, 2.24) is 9.97 Å². The highest BCUT2D eigenvalue weighted by Gasteiger charge is 2.15. The quantitative estimate of drug-likeness (QED) is 0.737. The van der Waals surface area contributed by atoms with Crippen molar-refractivity contribution < 1.29 is 0 Å². The zero-order chi connectivity index (χ0) is 15.8. The van der Waals surface area contributed by atoms with E-state index in [1.165, 1.54) is 12.8 Å². The Morgan fingerprint density at radius 3 is 2.24 bits per heavy atom. The van der Waals surface area contributed by atoms with Crippen LogP contribution in [0.3, 0.4) is 0 Å². The molecule has 0 fully saturated rings. The molecule has 0 saturated carbocycles. The minimum atomic E-state index is 0.342. The van der Waals surface area contributed by atoms with Crippen LogP contribution in [-0.4, -0.2) is 29.6 Å². The molecule has 0 aliphatic carbocycles. The van der Waals surface area contributed by atoms with Crippen LogP contribution in [0.4, 0.5) is 11.6 Å². The second kappa shape index (κ2) is 8.85. The molecule has 4 heteroatoms. The molecule has 0 radical (unpaired) electrons. The summed E-state index contributed by atoms with van der Waals surface area (Å²) in [5.74, 6) is 3.99. The summed E-state index contributed by atoms with van der Waals surface area (Å²) in [5.41, 5.74) is 0. The molecule has 1 heterocycles. The average molecular weight is 292 g/mol. The minimum Gasteiger partial charge on any atom is -0.370 e. The number of aromatic nitrogens is 2. The molecule has 1 aromatic rings. The SMILES string of the molecule is CCNc1cc(N(CC)CC(CC)CC)nc(C(C)C)n1. The van der Waals surface area contributed by atoms with E-state index < -0.39 is 0 Å². The molecule has 4 nitrogen and oxygen atoms in total. The van der Waals surface area contributed by atoms with Crippen molar-refractivity contribution in [2.45, 2.75) is 60.3 Å². The van der Waals surface area contributed by atoms with Crippen LogP contribution in [0.5, 0.6) is 0 Å². The molecule has 0 unspecified atom stereocenters. The normalized spacial score (nSPS) is 11.2. The summed E-state index contributed by atoms with van der Waals surface area (Å²) in [4.78, 5) is 11.8. The van der Waals surface area contributed by atoms with Crippen molar-refractivity contribution in [2.75, 3.05) is 29.9 Å². The van der Waals surface area contributed by atoms with Crippen LogP contribution < -0.4 is 10.2 Å². The molecule has 1 aromatic heterocycles. The molecule has 0 aliphatic rings. The fourth-order valence-electron chi connectivity index (χ4n) is 2.39. The molecule has 120 valence electrons. The van der Waals surface area contributed by atoms with Gasteiger partial charge in [0.2, 0.25) is 0 Å². The van der Waals surface area contributed by atoms with Crippen LogP contribution in [0.15, 0.2) is 6.07 Å². The molecule has 0 aromatic carbocycles. The van der Waals surface area contributed by atoms with E-state index in [-0.39, 0.29) is 0 Å². The Balaban J connectivity index is 3.06. The van der Waals surface area contributed by atoms with E-state index in [0.717, 1.165) is 43.0 Å². The van der Waals surface area contributed by atoms with E-state index in [9.17, 15) is 0 Å². The van der Waals surface area contributed by atoms with Crippen LogP contribution in [-0.2, 0) is 0 Å². The Labute approximate surface area is 130 Å². The van der Waals surface area contributed by atoms with Gasteiger partial charge < -0.3 is 10.2 Å². The smallest absolute Gasteiger partial charge is 0.135 e. The predicted molar refractivity (Wildman–Crippen MR) is 92.2 cm³/mol. The van der Waals surface area contributed by atoms with E-state index in [1.807, 2.05) is 0 Å².